The molecule has 1 saturated heterocycles. The minimum absolute atomic E-state index is 0.0534. The predicted octanol–water partition coefficient (Wildman–Crippen LogP) is 3.87. The Kier molecular flexibility index (Phi) is 5.17. The van der Waals surface area contributed by atoms with E-state index in [4.69, 9.17) is 4.74 Å². The molecule has 28 heavy (non-hydrogen) atoms. The molecule has 0 radical (unpaired) electrons. The Balaban J connectivity index is 1.67. The SMILES string of the molecule is O=C1NC(=O)N(COCc2ccccc2)C2=C(c3ccccc3)C=CC=CC12. The van der Waals surface area contributed by atoms with Crippen LogP contribution in [-0.2, 0) is 16.1 Å². The molecule has 0 spiro atoms. The van der Waals surface area contributed by atoms with Crippen molar-refractivity contribution in [3.8, 4) is 0 Å². The summed E-state index contributed by atoms with van der Waals surface area (Å²) in [6.07, 6.45) is 7.44. The van der Waals surface area contributed by atoms with Gasteiger partial charge in [0.15, 0.2) is 0 Å². The molecule has 1 aliphatic carbocycles. The lowest BCUT2D eigenvalue weighted by Gasteiger charge is -2.34. The van der Waals surface area contributed by atoms with Gasteiger partial charge in [0.05, 0.1) is 12.5 Å². The fourth-order valence-electron chi connectivity index (χ4n) is 3.37. The highest BCUT2D eigenvalue weighted by atomic mass is 16.5. The van der Waals surface area contributed by atoms with E-state index >= 15 is 0 Å². The Morgan fingerprint density at radius 3 is 2.39 bits per heavy atom. The van der Waals surface area contributed by atoms with Crippen LogP contribution in [0, 0.1) is 5.92 Å². The molecule has 1 aliphatic heterocycles. The van der Waals surface area contributed by atoms with Crippen molar-refractivity contribution >= 4 is 17.5 Å². The number of allylic oxidation sites excluding steroid dienone is 4. The molecule has 1 unspecified atom stereocenters. The second kappa shape index (κ2) is 8.06. The largest absolute Gasteiger partial charge is 0.356 e. The van der Waals surface area contributed by atoms with E-state index in [1.165, 1.54) is 4.90 Å². The van der Waals surface area contributed by atoms with E-state index in [1.54, 1.807) is 6.08 Å². The molecule has 4 rings (SSSR count). The van der Waals surface area contributed by atoms with Crippen molar-refractivity contribution in [2.75, 3.05) is 6.73 Å². The average Bonchev–Trinajstić information content (AvgIpc) is 2.95. The van der Waals surface area contributed by atoms with Crippen molar-refractivity contribution in [2.45, 2.75) is 6.61 Å². The summed E-state index contributed by atoms with van der Waals surface area (Å²) < 4.78 is 5.81. The van der Waals surface area contributed by atoms with Gasteiger partial charge in [0, 0.05) is 11.3 Å². The number of hydrogen-bond acceptors (Lipinski definition) is 3. The number of nitrogens with zero attached hydrogens (tertiary/aromatic N) is 1. The second-order valence-corrected chi connectivity index (χ2v) is 6.57. The van der Waals surface area contributed by atoms with Gasteiger partial charge in [0.1, 0.15) is 6.73 Å². The molecule has 1 N–H and O–H groups in total. The van der Waals surface area contributed by atoms with Gasteiger partial charge in [-0.2, -0.15) is 0 Å². The Labute approximate surface area is 163 Å². The Bertz CT molecular complexity index is 962. The maximum Gasteiger partial charge on any atom is 0.330 e. The van der Waals surface area contributed by atoms with E-state index in [9.17, 15) is 9.59 Å². The number of ether oxygens (including phenoxy) is 1. The van der Waals surface area contributed by atoms with Gasteiger partial charge in [0.25, 0.3) is 0 Å². The van der Waals surface area contributed by atoms with Crippen molar-refractivity contribution in [2.24, 2.45) is 5.92 Å². The van der Waals surface area contributed by atoms with Crippen LogP contribution in [0.25, 0.3) is 5.57 Å². The molecule has 5 heteroatoms. The first-order valence-corrected chi connectivity index (χ1v) is 9.12. The third-order valence-corrected chi connectivity index (χ3v) is 4.71. The summed E-state index contributed by atoms with van der Waals surface area (Å²) in [6.45, 7) is 0.431. The predicted molar refractivity (Wildman–Crippen MR) is 107 cm³/mol. The van der Waals surface area contributed by atoms with Crippen LogP contribution in [0.2, 0.25) is 0 Å². The van der Waals surface area contributed by atoms with Gasteiger partial charge in [-0.1, -0.05) is 85.0 Å². The molecule has 140 valence electrons. The molecule has 1 atom stereocenters. The number of carbonyl (C=O) groups excluding carboxylic acids is 2. The van der Waals surface area contributed by atoms with Crippen LogP contribution in [0.15, 0.2) is 90.7 Å². The van der Waals surface area contributed by atoms with Gasteiger partial charge in [-0.15, -0.1) is 0 Å². The Morgan fingerprint density at radius 1 is 0.929 bits per heavy atom. The van der Waals surface area contributed by atoms with Crippen molar-refractivity contribution in [3.05, 3.63) is 102 Å². The topological polar surface area (TPSA) is 58.6 Å². The summed E-state index contributed by atoms with van der Waals surface area (Å²) in [7, 11) is 0. The normalized spacial score (nSPS) is 18.7. The molecular weight excluding hydrogens is 352 g/mol. The quantitative estimate of drug-likeness (QED) is 0.867. The summed E-state index contributed by atoms with van der Waals surface area (Å²) in [4.78, 5) is 26.6. The van der Waals surface area contributed by atoms with Crippen LogP contribution in [0.3, 0.4) is 0 Å². The van der Waals surface area contributed by atoms with E-state index in [0.717, 1.165) is 16.7 Å². The number of nitrogens with one attached hydrogen (secondary N) is 1. The Hall–Kier alpha value is -3.44. The zero-order valence-electron chi connectivity index (χ0n) is 15.2. The summed E-state index contributed by atoms with van der Waals surface area (Å²) in [5.41, 5.74) is 3.43. The molecule has 5 nitrogen and oxygen atoms in total. The molecule has 1 heterocycles. The number of urea groups is 1. The molecule has 2 aliphatic rings. The molecule has 2 aromatic carbocycles. The average molecular weight is 372 g/mol. The molecule has 0 saturated carbocycles. The van der Waals surface area contributed by atoms with Gasteiger partial charge >= 0.3 is 6.03 Å². The smallest absolute Gasteiger partial charge is 0.330 e. The number of carbonyl (C=O) groups is 2. The lowest BCUT2D eigenvalue weighted by Crippen LogP contribution is -2.53. The monoisotopic (exact) mass is 372 g/mol. The zero-order valence-corrected chi connectivity index (χ0v) is 15.2. The van der Waals surface area contributed by atoms with Crippen LogP contribution in [-0.4, -0.2) is 23.6 Å². The fraction of sp³-hybridized carbons (Fsp3) is 0.130. The van der Waals surface area contributed by atoms with Gasteiger partial charge in [-0.25, -0.2) is 4.79 Å². The molecule has 0 bridgehead atoms. The zero-order chi connectivity index (χ0) is 19.3. The van der Waals surface area contributed by atoms with E-state index in [1.807, 2.05) is 78.9 Å². The van der Waals surface area contributed by atoms with E-state index in [-0.39, 0.29) is 12.6 Å². The number of hydrogen-bond donors (Lipinski definition) is 1. The van der Waals surface area contributed by atoms with Crippen LogP contribution in [0.1, 0.15) is 11.1 Å². The number of rotatable bonds is 5. The summed E-state index contributed by atoms with van der Waals surface area (Å²) >= 11 is 0. The highest BCUT2D eigenvalue weighted by Crippen LogP contribution is 2.33. The maximum atomic E-state index is 12.6. The summed E-state index contributed by atoms with van der Waals surface area (Å²) in [5, 5.41) is 2.43. The van der Waals surface area contributed by atoms with E-state index in [0.29, 0.717) is 12.3 Å². The molecule has 2 aromatic rings. The van der Waals surface area contributed by atoms with Crippen LogP contribution in [0.4, 0.5) is 4.79 Å². The number of benzene rings is 2. The minimum Gasteiger partial charge on any atom is -0.356 e. The van der Waals surface area contributed by atoms with Crippen molar-refractivity contribution in [3.63, 3.8) is 0 Å². The van der Waals surface area contributed by atoms with E-state index < -0.39 is 11.9 Å². The molecule has 1 fully saturated rings. The summed E-state index contributed by atoms with van der Waals surface area (Å²) in [6, 6.07) is 19.0. The van der Waals surface area contributed by atoms with Gasteiger partial charge in [-0.05, 0) is 11.1 Å². The summed E-state index contributed by atoms with van der Waals surface area (Å²) in [5.74, 6) is -0.879. The third kappa shape index (κ3) is 3.66. The van der Waals surface area contributed by atoms with Gasteiger partial charge in [-0.3, -0.25) is 15.0 Å². The van der Waals surface area contributed by atoms with Crippen LogP contribution in [0.5, 0.6) is 0 Å². The van der Waals surface area contributed by atoms with Gasteiger partial charge < -0.3 is 4.74 Å². The van der Waals surface area contributed by atoms with Crippen molar-refractivity contribution in [1.29, 1.82) is 0 Å². The second-order valence-electron chi connectivity index (χ2n) is 6.57. The lowest BCUT2D eigenvalue weighted by molar-refractivity contribution is -0.123. The fourth-order valence-corrected chi connectivity index (χ4v) is 3.37. The Morgan fingerprint density at radius 2 is 1.64 bits per heavy atom. The molecular formula is C23H20N2O3. The number of amides is 3. The lowest BCUT2D eigenvalue weighted by atomic mass is 9.93. The highest BCUT2D eigenvalue weighted by Gasteiger charge is 2.38. The first kappa shape index (κ1) is 17.9. The molecule has 3 amide bonds. The first-order valence-electron chi connectivity index (χ1n) is 9.12. The highest BCUT2D eigenvalue weighted by molar-refractivity contribution is 6.04. The number of imide groups is 1. The van der Waals surface area contributed by atoms with Crippen LogP contribution >= 0.6 is 0 Å². The third-order valence-electron chi connectivity index (χ3n) is 4.71. The standard InChI is InChI=1S/C23H20N2O3/c26-22-20-14-8-7-13-19(18-11-5-2-6-12-18)21(20)25(23(27)24-22)16-28-15-17-9-3-1-4-10-17/h1-14,20H,15-16H2,(H,24,26,27). The van der Waals surface area contributed by atoms with Crippen molar-refractivity contribution in [1.82, 2.24) is 10.2 Å². The minimum atomic E-state index is -0.553. The number of fused-ring (bicyclic) bond motifs is 1. The first-order chi connectivity index (χ1) is 13.7. The van der Waals surface area contributed by atoms with Crippen molar-refractivity contribution < 1.29 is 14.3 Å². The van der Waals surface area contributed by atoms with Gasteiger partial charge in [0.2, 0.25) is 5.91 Å². The molecule has 0 aromatic heterocycles. The van der Waals surface area contributed by atoms with E-state index in [2.05, 4.69) is 5.32 Å². The van der Waals surface area contributed by atoms with Crippen LogP contribution < -0.4 is 5.32 Å². The maximum absolute atomic E-state index is 12.6.